The zero-order valence-corrected chi connectivity index (χ0v) is 10.1. The Kier molecular flexibility index (Phi) is 5.04. The number of carbonyl (C=O) groups is 2. The van der Waals surface area contributed by atoms with Crippen LogP contribution in [0.2, 0.25) is 0 Å². The first-order valence-electron chi connectivity index (χ1n) is 4.91. The molecule has 0 atom stereocenters. The summed E-state index contributed by atoms with van der Waals surface area (Å²) in [6, 6.07) is 0. The minimum absolute atomic E-state index is 0.147. The molecule has 0 aliphatic carbocycles. The Morgan fingerprint density at radius 2 is 2.31 bits per heavy atom. The topological polar surface area (TPSA) is 61.2 Å². The molecule has 16 heavy (non-hydrogen) atoms. The lowest BCUT2D eigenvalue weighted by atomic mass is 10.3. The Balaban J connectivity index is 2.31. The molecule has 5 nitrogen and oxygen atoms in total. The molecule has 0 radical (unpaired) electrons. The fourth-order valence-corrected chi connectivity index (χ4v) is 1.85. The van der Waals surface area contributed by atoms with Crippen LogP contribution in [-0.2, 0) is 21.4 Å². The van der Waals surface area contributed by atoms with Crippen LogP contribution in [0.3, 0.4) is 0 Å². The third kappa shape index (κ3) is 4.06. The lowest BCUT2D eigenvalue weighted by Crippen LogP contribution is -2.13. The van der Waals surface area contributed by atoms with Gasteiger partial charge < -0.3 is 9.30 Å². The maximum atomic E-state index is 11.4. The van der Waals surface area contributed by atoms with Gasteiger partial charge >= 0.3 is 5.97 Å². The largest absolute Gasteiger partial charge is 0.466 e. The molecular formula is C10H14N2O3S. The van der Waals surface area contributed by atoms with Crippen LogP contribution >= 0.6 is 11.8 Å². The van der Waals surface area contributed by atoms with Crippen molar-refractivity contribution in [2.24, 2.45) is 7.05 Å². The van der Waals surface area contributed by atoms with Gasteiger partial charge in [0.05, 0.1) is 12.4 Å². The second-order valence-electron chi connectivity index (χ2n) is 3.13. The van der Waals surface area contributed by atoms with Crippen LogP contribution in [0.4, 0.5) is 0 Å². The van der Waals surface area contributed by atoms with E-state index in [1.54, 1.807) is 19.3 Å². The highest BCUT2D eigenvalue weighted by atomic mass is 32.2. The summed E-state index contributed by atoms with van der Waals surface area (Å²) in [6.07, 6.45) is 3.31. The number of imidazole rings is 1. The number of carbonyl (C=O) groups excluding carboxylic acids is 2. The Morgan fingerprint density at radius 3 is 2.88 bits per heavy atom. The maximum Gasteiger partial charge on any atom is 0.313 e. The number of rotatable bonds is 6. The van der Waals surface area contributed by atoms with Gasteiger partial charge in [0, 0.05) is 19.4 Å². The Labute approximate surface area is 98.2 Å². The molecule has 0 aliphatic heterocycles. The molecule has 88 valence electrons. The molecule has 0 unspecified atom stereocenters. The summed E-state index contributed by atoms with van der Waals surface area (Å²) in [5.41, 5.74) is 0. The monoisotopic (exact) mass is 242 g/mol. The summed E-state index contributed by atoms with van der Waals surface area (Å²) in [7, 11) is 1.85. The van der Waals surface area contributed by atoms with E-state index in [-0.39, 0.29) is 18.0 Å². The van der Waals surface area contributed by atoms with Crippen molar-refractivity contribution in [1.29, 1.82) is 0 Å². The predicted molar refractivity (Wildman–Crippen MR) is 60.2 cm³/mol. The summed E-state index contributed by atoms with van der Waals surface area (Å²) >= 11 is 1.32. The molecule has 0 N–H and O–H groups in total. The zero-order valence-electron chi connectivity index (χ0n) is 9.30. The molecule has 0 spiro atoms. The van der Waals surface area contributed by atoms with Gasteiger partial charge in [0.2, 0.25) is 0 Å². The van der Waals surface area contributed by atoms with Gasteiger partial charge in [-0.05, 0) is 6.92 Å². The van der Waals surface area contributed by atoms with E-state index in [2.05, 4.69) is 9.72 Å². The van der Waals surface area contributed by atoms with E-state index in [9.17, 15) is 9.59 Å². The van der Waals surface area contributed by atoms with Crippen LogP contribution in [0.25, 0.3) is 0 Å². The SMILES string of the molecule is CCOC(=O)CC(=O)CSc1nccn1C. The van der Waals surface area contributed by atoms with Crippen molar-refractivity contribution in [2.45, 2.75) is 18.5 Å². The van der Waals surface area contributed by atoms with E-state index in [1.165, 1.54) is 11.8 Å². The first-order chi connectivity index (χ1) is 7.63. The summed E-state index contributed by atoms with van der Waals surface area (Å²) in [4.78, 5) is 26.4. The van der Waals surface area contributed by atoms with E-state index < -0.39 is 5.97 Å². The van der Waals surface area contributed by atoms with Crippen molar-refractivity contribution in [1.82, 2.24) is 9.55 Å². The lowest BCUT2D eigenvalue weighted by molar-refractivity contribution is -0.145. The molecular weight excluding hydrogens is 228 g/mol. The minimum atomic E-state index is -0.465. The van der Waals surface area contributed by atoms with Crippen LogP contribution in [0.5, 0.6) is 0 Å². The van der Waals surface area contributed by atoms with Gasteiger partial charge in [-0.2, -0.15) is 0 Å². The molecule has 1 heterocycles. The van der Waals surface area contributed by atoms with Gasteiger partial charge in [-0.1, -0.05) is 11.8 Å². The highest BCUT2D eigenvalue weighted by Gasteiger charge is 2.11. The number of Topliss-reactive ketones (excluding diaryl/α,β-unsaturated/α-hetero) is 1. The summed E-state index contributed by atoms with van der Waals surface area (Å²) < 4.78 is 6.51. The van der Waals surface area contributed by atoms with Crippen LogP contribution < -0.4 is 0 Å². The molecule has 0 saturated heterocycles. The quantitative estimate of drug-likeness (QED) is 0.423. The Hall–Kier alpha value is -1.30. The smallest absolute Gasteiger partial charge is 0.313 e. The molecule has 0 fully saturated rings. The van der Waals surface area contributed by atoms with E-state index >= 15 is 0 Å². The fraction of sp³-hybridized carbons (Fsp3) is 0.500. The van der Waals surface area contributed by atoms with Crippen molar-refractivity contribution in [3.05, 3.63) is 12.4 Å². The van der Waals surface area contributed by atoms with Crippen molar-refractivity contribution >= 4 is 23.5 Å². The highest BCUT2D eigenvalue weighted by Crippen LogP contribution is 2.14. The third-order valence-electron chi connectivity index (χ3n) is 1.79. The Morgan fingerprint density at radius 1 is 1.56 bits per heavy atom. The van der Waals surface area contributed by atoms with E-state index in [0.717, 1.165) is 5.16 Å². The van der Waals surface area contributed by atoms with Crippen LogP contribution in [-0.4, -0.2) is 33.7 Å². The van der Waals surface area contributed by atoms with Gasteiger partial charge in [-0.25, -0.2) is 4.98 Å². The second-order valence-corrected chi connectivity index (χ2v) is 4.07. The van der Waals surface area contributed by atoms with Crippen LogP contribution in [0.1, 0.15) is 13.3 Å². The maximum absolute atomic E-state index is 11.4. The lowest BCUT2D eigenvalue weighted by Gasteiger charge is -2.01. The molecule has 6 heteroatoms. The highest BCUT2D eigenvalue weighted by molar-refractivity contribution is 7.99. The van der Waals surface area contributed by atoms with Crippen molar-refractivity contribution in [3.63, 3.8) is 0 Å². The molecule has 1 aromatic heterocycles. The molecule has 0 saturated carbocycles. The third-order valence-corrected chi connectivity index (χ3v) is 2.90. The van der Waals surface area contributed by atoms with Gasteiger partial charge in [0.25, 0.3) is 0 Å². The first kappa shape index (κ1) is 12.8. The average Bonchev–Trinajstić information content (AvgIpc) is 2.61. The number of thioether (sulfide) groups is 1. The summed E-state index contributed by atoms with van der Waals surface area (Å²) in [5.74, 6) is -0.372. The number of hydrogen-bond acceptors (Lipinski definition) is 5. The van der Waals surface area contributed by atoms with Crippen LogP contribution in [0.15, 0.2) is 17.6 Å². The molecule has 1 aromatic rings. The predicted octanol–water partition coefficient (Wildman–Crippen LogP) is 1.03. The van der Waals surface area contributed by atoms with Crippen molar-refractivity contribution in [3.8, 4) is 0 Å². The minimum Gasteiger partial charge on any atom is -0.466 e. The van der Waals surface area contributed by atoms with Gasteiger partial charge in [-0.3, -0.25) is 9.59 Å². The number of aromatic nitrogens is 2. The fourth-order valence-electron chi connectivity index (χ4n) is 1.06. The van der Waals surface area contributed by atoms with Gasteiger partial charge in [-0.15, -0.1) is 0 Å². The molecule has 0 bridgehead atoms. The normalized spacial score (nSPS) is 10.1. The molecule has 0 amide bonds. The summed E-state index contributed by atoms with van der Waals surface area (Å²) in [5, 5.41) is 0.761. The van der Waals surface area contributed by atoms with E-state index in [1.807, 2.05) is 11.6 Å². The zero-order chi connectivity index (χ0) is 12.0. The van der Waals surface area contributed by atoms with Gasteiger partial charge in [0.15, 0.2) is 10.9 Å². The standard InChI is InChI=1S/C10H14N2O3S/c1-3-15-9(14)6-8(13)7-16-10-11-4-5-12(10)2/h4-5H,3,6-7H2,1-2H3. The van der Waals surface area contributed by atoms with Crippen LogP contribution in [0, 0.1) is 0 Å². The number of esters is 1. The van der Waals surface area contributed by atoms with E-state index in [4.69, 9.17) is 0 Å². The average molecular weight is 242 g/mol. The number of hydrogen-bond donors (Lipinski definition) is 0. The first-order valence-corrected chi connectivity index (χ1v) is 5.89. The number of ether oxygens (including phenoxy) is 1. The number of aryl methyl sites for hydroxylation is 1. The number of nitrogens with zero attached hydrogens (tertiary/aromatic N) is 2. The van der Waals surface area contributed by atoms with Crippen molar-refractivity contribution < 1.29 is 14.3 Å². The van der Waals surface area contributed by atoms with Gasteiger partial charge in [0.1, 0.15) is 6.42 Å². The molecule has 0 aromatic carbocycles. The number of ketones is 1. The second kappa shape index (κ2) is 6.32. The Bertz CT molecular complexity index is 376. The van der Waals surface area contributed by atoms with Crippen molar-refractivity contribution in [2.75, 3.05) is 12.4 Å². The molecule has 1 rings (SSSR count). The van der Waals surface area contributed by atoms with E-state index in [0.29, 0.717) is 6.61 Å². The summed E-state index contributed by atoms with van der Waals surface area (Å²) in [6.45, 7) is 2.02. The molecule has 0 aliphatic rings.